The minimum Gasteiger partial charge on any atom is -0.464 e. The Kier molecular flexibility index (Phi) is 5.52. The molecular formula is C22H24N2O2. The predicted octanol–water partition coefficient (Wildman–Crippen LogP) is 4.54. The highest BCUT2D eigenvalue weighted by Crippen LogP contribution is 2.29. The van der Waals surface area contributed by atoms with E-state index >= 15 is 0 Å². The first-order chi connectivity index (χ1) is 12.6. The van der Waals surface area contributed by atoms with Crippen molar-refractivity contribution in [3.63, 3.8) is 0 Å². The summed E-state index contributed by atoms with van der Waals surface area (Å²) in [7, 11) is 0. The largest absolute Gasteiger partial charge is 0.464 e. The van der Waals surface area contributed by atoms with Crippen molar-refractivity contribution in [2.24, 2.45) is 0 Å². The van der Waals surface area contributed by atoms with E-state index in [-0.39, 0.29) is 5.91 Å². The Bertz CT molecular complexity index is 889. The van der Waals surface area contributed by atoms with Crippen molar-refractivity contribution in [1.82, 2.24) is 9.88 Å². The summed E-state index contributed by atoms with van der Waals surface area (Å²) < 4.78 is 6.03. The highest BCUT2D eigenvalue weighted by Gasteiger charge is 2.21. The Hall–Kier alpha value is -2.88. The summed E-state index contributed by atoms with van der Waals surface area (Å²) in [5, 5.41) is 1.95. The molecular weight excluding hydrogens is 324 g/mol. The van der Waals surface area contributed by atoms with Gasteiger partial charge in [-0.05, 0) is 38.3 Å². The van der Waals surface area contributed by atoms with Crippen LogP contribution in [0.25, 0.3) is 22.0 Å². The molecule has 3 aromatic rings. The van der Waals surface area contributed by atoms with Crippen LogP contribution >= 0.6 is 0 Å². The summed E-state index contributed by atoms with van der Waals surface area (Å²) in [4.78, 5) is 19.1. The molecule has 3 rings (SSSR count). The molecule has 26 heavy (non-hydrogen) atoms. The van der Waals surface area contributed by atoms with Crippen LogP contribution in [0.1, 0.15) is 20.8 Å². The van der Waals surface area contributed by atoms with Gasteiger partial charge >= 0.3 is 0 Å². The van der Waals surface area contributed by atoms with Crippen LogP contribution in [0.5, 0.6) is 5.88 Å². The number of benzene rings is 2. The summed E-state index contributed by atoms with van der Waals surface area (Å²) in [6.45, 7) is 7.06. The van der Waals surface area contributed by atoms with Gasteiger partial charge in [-0.1, -0.05) is 48.5 Å². The highest BCUT2D eigenvalue weighted by atomic mass is 16.5. The molecule has 1 aromatic heterocycles. The zero-order valence-electron chi connectivity index (χ0n) is 15.5. The van der Waals surface area contributed by atoms with E-state index in [4.69, 9.17) is 9.72 Å². The Labute approximate surface area is 154 Å². The first kappa shape index (κ1) is 17.9. The number of fused-ring (bicyclic) bond motifs is 1. The topological polar surface area (TPSA) is 42.4 Å². The standard InChI is InChI=1S/C22H24N2O2/c1-4-24(5-2)22(25)16(3)26-21-19-14-10-9-13-18(19)15-20(23-21)17-11-7-6-8-12-17/h6-16H,4-5H2,1-3H3. The van der Waals surface area contributed by atoms with Crippen molar-refractivity contribution in [2.45, 2.75) is 26.9 Å². The molecule has 0 saturated carbocycles. The van der Waals surface area contributed by atoms with Crippen molar-refractivity contribution >= 4 is 16.7 Å². The summed E-state index contributed by atoms with van der Waals surface area (Å²) >= 11 is 0. The Balaban J connectivity index is 2.00. The van der Waals surface area contributed by atoms with Gasteiger partial charge in [-0.15, -0.1) is 0 Å². The molecule has 0 saturated heterocycles. The fourth-order valence-electron chi connectivity index (χ4n) is 3.02. The van der Waals surface area contributed by atoms with Gasteiger partial charge in [0.15, 0.2) is 6.10 Å². The van der Waals surface area contributed by atoms with Gasteiger partial charge < -0.3 is 9.64 Å². The number of aromatic nitrogens is 1. The number of rotatable bonds is 6. The molecule has 4 heteroatoms. The van der Waals surface area contributed by atoms with E-state index in [0.29, 0.717) is 19.0 Å². The maximum atomic E-state index is 12.6. The first-order valence-electron chi connectivity index (χ1n) is 9.04. The van der Waals surface area contributed by atoms with Crippen LogP contribution in [0.2, 0.25) is 0 Å². The molecule has 0 radical (unpaired) electrons. The predicted molar refractivity (Wildman–Crippen MR) is 105 cm³/mol. The smallest absolute Gasteiger partial charge is 0.263 e. The second-order valence-electron chi connectivity index (χ2n) is 6.17. The Morgan fingerprint density at radius 3 is 2.38 bits per heavy atom. The Morgan fingerprint density at radius 2 is 1.69 bits per heavy atom. The zero-order chi connectivity index (χ0) is 18.5. The van der Waals surface area contributed by atoms with Crippen LogP contribution in [0.15, 0.2) is 60.7 Å². The van der Waals surface area contributed by atoms with E-state index in [0.717, 1.165) is 22.0 Å². The number of amides is 1. The van der Waals surface area contributed by atoms with Gasteiger partial charge in [0.1, 0.15) is 0 Å². The molecule has 0 aliphatic carbocycles. The van der Waals surface area contributed by atoms with Crippen molar-refractivity contribution in [1.29, 1.82) is 0 Å². The molecule has 1 atom stereocenters. The lowest BCUT2D eigenvalue weighted by Crippen LogP contribution is -2.40. The second-order valence-corrected chi connectivity index (χ2v) is 6.17. The lowest BCUT2D eigenvalue weighted by atomic mass is 10.1. The molecule has 4 nitrogen and oxygen atoms in total. The summed E-state index contributed by atoms with van der Waals surface area (Å²) in [6, 6.07) is 20.0. The lowest BCUT2D eigenvalue weighted by molar-refractivity contribution is -0.137. The average molecular weight is 348 g/mol. The quantitative estimate of drug-likeness (QED) is 0.657. The minimum absolute atomic E-state index is 0.0222. The van der Waals surface area contributed by atoms with Crippen molar-refractivity contribution in [3.05, 3.63) is 60.7 Å². The summed E-state index contributed by atoms with van der Waals surface area (Å²) in [5.41, 5.74) is 1.85. The molecule has 0 N–H and O–H groups in total. The number of carbonyl (C=O) groups is 1. The van der Waals surface area contributed by atoms with Crippen LogP contribution in [0.3, 0.4) is 0 Å². The number of hydrogen-bond donors (Lipinski definition) is 0. The maximum absolute atomic E-state index is 12.6. The Morgan fingerprint density at radius 1 is 1.04 bits per heavy atom. The average Bonchev–Trinajstić information content (AvgIpc) is 2.69. The third-order valence-electron chi connectivity index (χ3n) is 4.49. The van der Waals surface area contributed by atoms with Crippen molar-refractivity contribution in [3.8, 4) is 17.1 Å². The highest BCUT2D eigenvalue weighted by molar-refractivity contribution is 5.90. The molecule has 1 amide bonds. The van der Waals surface area contributed by atoms with Gasteiger partial charge in [0.25, 0.3) is 5.91 Å². The van der Waals surface area contributed by atoms with Gasteiger partial charge in [0, 0.05) is 24.0 Å². The van der Waals surface area contributed by atoms with E-state index in [2.05, 4.69) is 6.07 Å². The zero-order valence-corrected chi connectivity index (χ0v) is 15.5. The van der Waals surface area contributed by atoms with Gasteiger partial charge in [0.05, 0.1) is 5.69 Å². The van der Waals surface area contributed by atoms with Crippen LogP contribution in [0, 0.1) is 0 Å². The fourth-order valence-corrected chi connectivity index (χ4v) is 3.02. The van der Waals surface area contributed by atoms with Gasteiger partial charge in [0.2, 0.25) is 5.88 Å². The summed E-state index contributed by atoms with van der Waals surface area (Å²) in [6.07, 6.45) is -0.586. The van der Waals surface area contributed by atoms with Crippen LogP contribution in [-0.4, -0.2) is 35.0 Å². The number of pyridine rings is 1. The third-order valence-corrected chi connectivity index (χ3v) is 4.49. The van der Waals surface area contributed by atoms with E-state index in [1.807, 2.05) is 68.4 Å². The summed E-state index contributed by atoms with van der Waals surface area (Å²) in [5.74, 6) is 0.473. The molecule has 0 aliphatic rings. The molecule has 2 aromatic carbocycles. The minimum atomic E-state index is -0.586. The maximum Gasteiger partial charge on any atom is 0.263 e. The van der Waals surface area contributed by atoms with Crippen LogP contribution < -0.4 is 4.74 Å². The SMILES string of the molecule is CCN(CC)C(=O)C(C)Oc1nc(-c2ccccc2)cc2ccccc12. The van der Waals surface area contributed by atoms with Gasteiger partial charge in [-0.25, -0.2) is 4.98 Å². The fraction of sp³-hybridized carbons (Fsp3) is 0.273. The second kappa shape index (κ2) is 8.00. The first-order valence-corrected chi connectivity index (χ1v) is 9.04. The third kappa shape index (κ3) is 3.69. The number of carbonyl (C=O) groups excluding carboxylic acids is 1. The van der Waals surface area contributed by atoms with Crippen LogP contribution in [-0.2, 0) is 4.79 Å². The van der Waals surface area contributed by atoms with Gasteiger partial charge in [-0.3, -0.25) is 4.79 Å². The number of hydrogen-bond acceptors (Lipinski definition) is 3. The lowest BCUT2D eigenvalue weighted by Gasteiger charge is -2.23. The molecule has 0 bridgehead atoms. The van der Waals surface area contributed by atoms with E-state index < -0.39 is 6.10 Å². The molecule has 0 fully saturated rings. The van der Waals surface area contributed by atoms with Gasteiger partial charge in [-0.2, -0.15) is 0 Å². The molecule has 134 valence electrons. The molecule has 0 aliphatic heterocycles. The van der Waals surface area contributed by atoms with Crippen molar-refractivity contribution in [2.75, 3.05) is 13.1 Å². The monoisotopic (exact) mass is 348 g/mol. The van der Waals surface area contributed by atoms with Crippen molar-refractivity contribution < 1.29 is 9.53 Å². The molecule has 1 heterocycles. The van der Waals surface area contributed by atoms with E-state index in [1.54, 1.807) is 11.8 Å². The number of nitrogens with zero attached hydrogens (tertiary/aromatic N) is 2. The molecule has 0 spiro atoms. The number of likely N-dealkylation sites (N-methyl/N-ethyl adjacent to an activating group) is 1. The number of ether oxygens (including phenoxy) is 1. The van der Waals surface area contributed by atoms with E-state index in [9.17, 15) is 4.79 Å². The van der Waals surface area contributed by atoms with Crippen LogP contribution in [0.4, 0.5) is 0 Å². The normalized spacial score (nSPS) is 12.0. The molecule has 1 unspecified atom stereocenters. The van der Waals surface area contributed by atoms with E-state index in [1.165, 1.54) is 0 Å².